The Morgan fingerprint density at radius 3 is 2.56 bits per heavy atom. The van der Waals surface area contributed by atoms with Crippen molar-refractivity contribution in [3.8, 4) is 5.75 Å². The van der Waals surface area contributed by atoms with E-state index in [9.17, 15) is 5.11 Å². The van der Waals surface area contributed by atoms with Gasteiger partial charge in [-0.2, -0.15) is 0 Å². The molecule has 1 unspecified atom stereocenters. The summed E-state index contributed by atoms with van der Waals surface area (Å²) < 4.78 is 11.2. The van der Waals surface area contributed by atoms with Crippen LogP contribution in [0.4, 0.5) is 0 Å². The third-order valence-corrected chi connectivity index (χ3v) is 5.32. The zero-order valence-corrected chi connectivity index (χ0v) is 15.4. The van der Waals surface area contributed by atoms with E-state index in [1.165, 1.54) is 19.4 Å². The Balaban J connectivity index is 1.33. The van der Waals surface area contributed by atoms with Crippen LogP contribution in [0.25, 0.3) is 0 Å². The molecule has 5 heteroatoms. The normalized spacial score (nSPS) is 22.0. The Hall–Kier alpha value is -1.14. The number of aliphatic hydroxyl groups excluding tert-OH is 1. The van der Waals surface area contributed by atoms with E-state index >= 15 is 0 Å². The van der Waals surface area contributed by atoms with Gasteiger partial charge in [0.15, 0.2) is 0 Å². The molecule has 2 heterocycles. The van der Waals surface area contributed by atoms with Crippen molar-refractivity contribution in [2.75, 3.05) is 59.1 Å². The van der Waals surface area contributed by atoms with Crippen molar-refractivity contribution in [3.05, 3.63) is 29.8 Å². The van der Waals surface area contributed by atoms with Gasteiger partial charge in [-0.25, -0.2) is 0 Å². The highest BCUT2D eigenvalue weighted by Crippen LogP contribution is 2.20. The smallest absolute Gasteiger partial charge is 0.122 e. The van der Waals surface area contributed by atoms with E-state index in [0.29, 0.717) is 13.2 Å². The fourth-order valence-electron chi connectivity index (χ4n) is 3.76. The van der Waals surface area contributed by atoms with Gasteiger partial charge in [-0.1, -0.05) is 18.2 Å². The number of ether oxygens (including phenoxy) is 2. The largest absolute Gasteiger partial charge is 0.491 e. The Morgan fingerprint density at radius 1 is 1.12 bits per heavy atom. The van der Waals surface area contributed by atoms with Crippen LogP contribution in [0, 0.1) is 12.8 Å². The molecule has 2 aliphatic rings. The average Bonchev–Trinajstić information content (AvgIpc) is 2.64. The van der Waals surface area contributed by atoms with Gasteiger partial charge in [0, 0.05) is 26.2 Å². The Kier molecular flexibility index (Phi) is 7.11. The summed E-state index contributed by atoms with van der Waals surface area (Å²) in [4.78, 5) is 4.91. The van der Waals surface area contributed by atoms with Gasteiger partial charge in [-0.3, -0.25) is 4.90 Å². The highest BCUT2D eigenvalue weighted by Gasteiger charge is 2.23. The van der Waals surface area contributed by atoms with Gasteiger partial charge in [0.25, 0.3) is 0 Å². The molecule has 2 aliphatic heterocycles. The molecule has 0 saturated carbocycles. The van der Waals surface area contributed by atoms with E-state index in [1.54, 1.807) is 0 Å². The first kappa shape index (κ1) is 18.6. The molecule has 1 aromatic rings. The van der Waals surface area contributed by atoms with Gasteiger partial charge in [0.1, 0.15) is 18.5 Å². The topological polar surface area (TPSA) is 45.2 Å². The van der Waals surface area contributed by atoms with E-state index in [2.05, 4.69) is 9.80 Å². The van der Waals surface area contributed by atoms with Crippen molar-refractivity contribution in [2.24, 2.45) is 5.92 Å². The van der Waals surface area contributed by atoms with Crippen LogP contribution < -0.4 is 4.74 Å². The standard InChI is InChI=1S/C20H32N2O3/c1-17-4-2-3-5-20(17)25-16-19(23)15-21-8-6-18(7-9-21)14-22-10-12-24-13-11-22/h2-5,18-19,23H,6-16H2,1H3. The summed E-state index contributed by atoms with van der Waals surface area (Å²) in [6.07, 6.45) is 2.02. The van der Waals surface area contributed by atoms with Gasteiger partial charge < -0.3 is 19.5 Å². The summed E-state index contributed by atoms with van der Waals surface area (Å²) in [6, 6.07) is 7.95. The van der Waals surface area contributed by atoms with Crippen LogP contribution in [0.1, 0.15) is 18.4 Å². The van der Waals surface area contributed by atoms with Gasteiger partial charge in [0.2, 0.25) is 0 Å². The van der Waals surface area contributed by atoms with E-state index in [4.69, 9.17) is 9.47 Å². The number of morpholine rings is 1. The number of nitrogens with zero attached hydrogens (tertiary/aromatic N) is 2. The molecule has 2 fully saturated rings. The SMILES string of the molecule is Cc1ccccc1OCC(O)CN1CCC(CN2CCOCC2)CC1. The van der Waals surface area contributed by atoms with Crippen molar-refractivity contribution in [1.29, 1.82) is 0 Å². The molecule has 2 saturated heterocycles. The Labute approximate surface area is 151 Å². The van der Waals surface area contributed by atoms with Gasteiger partial charge in [-0.15, -0.1) is 0 Å². The number of aliphatic hydroxyl groups is 1. The molecule has 5 nitrogen and oxygen atoms in total. The van der Waals surface area contributed by atoms with Crippen molar-refractivity contribution in [1.82, 2.24) is 9.80 Å². The van der Waals surface area contributed by atoms with Crippen LogP contribution in [0.5, 0.6) is 5.75 Å². The van der Waals surface area contributed by atoms with Gasteiger partial charge >= 0.3 is 0 Å². The molecule has 1 aromatic carbocycles. The minimum absolute atomic E-state index is 0.360. The van der Waals surface area contributed by atoms with Crippen LogP contribution in [0.15, 0.2) is 24.3 Å². The number of β-amino-alcohol motifs (C(OH)–C–C–N with tert-alkyl or cyclic N) is 1. The quantitative estimate of drug-likeness (QED) is 0.814. The molecule has 140 valence electrons. The molecule has 0 aromatic heterocycles. The second kappa shape index (κ2) is 9.53. The van der Waals surface area contributed by atoms with Crippen LogP contribution in [0.2, 0.25) is 0 Å². The number of aryl methyl sites for hydroxylation is 1. The second-order valence-corrected chi connectivity index (χ2v) is 7.39. The number of hydrogen-bond acceptors (Lipinski definition) is 5. The van der Waals surface area contributed by atoms with Crippen LogP contribution in [-0.2, 0) is 4.74 Å². The highest BCUT2D eigenvalue weighted by molar-refractivity contribution is 5.31. The molecule has 0 spiro atoms. The maximum atomic E-state index is 10.3. The summed E-state index contributed by atoms with van der Waals surface area (Å²) in [5, 5.41) is 10.3. The van der Waals surface area contributed by atoms with E-state index in [-0.39, 0.29) is 0 Å². The summed E-state index contributed by atoms with van der Waals surface area (Å²) in [7, 11) is 0. The van der Waals surface area contributed by atoms with Crippen LogP contribution >= 0.6 is 0 Å². The monoisotopic (exact) mass is 348 g/mol. The number of likely N-dealkylation sites (tertiary alicyclic amines) is 1. The number of para-hydroxylation sites is 1. The maximum absolute atomic E-state index is 10.3. The molecular formula is C20H32N2O3. The first-order valence-electron chi connectivity index (χ1n) is 9.59. The average molecular weight is 348 g/mol. The van der Waals surface area contributed by atoms with E-state index < -0.39 is 6.10 Å². The van der Waals surface area contributed by atoms with Crippen molar-refractivity contribution >= 4 is 0 Å². The van der Waals surface area contributed by atoms with Crippen molar-refractivity contribution in [3.63, 3.8) is 0 Å². The second-order valence-electron chi connectivity index (χ2n) is 7.39. The lowest BCUT2D eigenvalue weighted by atomic mass is 9.96. The summed E-state index contributed by atoms with van der Waals surface area (Å²) in [5.74, 6) is 1.65. The molecule has 0 amide bonds. The molecule has 25 heavy (non-hydrogen) atoms. The van der Waals surface area contributed by atoms with Crippen molar-refractivity contribution in [2.45, 2.75) is 25.9 Å². The zero-order chi connectivity index (χ0) is 17.5. The number of rotatable bonds is 7. The van der Waals surface area contributed by atoms with E-state index in [0.717, 1.165) is 56.6 Å². The lowest BCUT2D eigenvalue weighted by Crippen LogP contribution is -2.44. The van der Waals surface area contributed by atoms with Gasteiger partial charge in [0.05, 0.1) is 13.2 Å². The number of hydrogen-bond donors (Lipinski definition) is 1. The molecular weight excluding hydrogens is 316 g/mol. The predicted molar refractivity (Wildman–Crippen MR) is 99.1 cm³/mol. The fourth-order valence-corrected chi connectivity index (χ4v) is 3.76. The minimum Gasteiger partial charge on any atom is -0.491 e. The predicted octanol–water partition coefficient (Wildman–Crippen LogP) is 1.78. The van der Waals surface area contributed by atoms with Crippen LogP contribution in [0.3, 0.4) is 0 Å². The summed E-state index contributed by atoms with van der Waals surface area (Å²) >= 11 is 0. The first-order chi connectivity index (χ1) is 12.2. The number of piperidine rings is 1. The molecule has 0 radical (unpaired) electrons. The zero-order valence-electron chi connectivity index (χ0n) is 15.4. The van der Waals surface area contributed by atoms with E-state index in [1.807, 2.05) is 31.2 Å². The molecule has 1 atom stereocenters. The third kappa shape index (κ3) is 5.96. The maximum Gasteiger partial charge on any atom is 0.122 e. The lowest BCUT2D eigenvalue weighted by molar-refractivity contribution is 0.0191. The molecule has 0 aliphatic carbocycles. The van der Waals surface area contributed by atoms with Crippen molar-refractivity contribution < 1.29 is 14.6 Å². The summed E-state index contributed by atoms with van der Waals surface area (Å²) in [6.45, 7) is 10.4. The minimum atomic E-state index is -0.435. The molecule has 1 N–H and O–H groups in total. The van der Waals surface area contributed by atoms with Crippen LogP contribution in [-0.4, -0.2) is 80.1 Å². The number of benzene rings is 1. The Bertz CT molecular complexity index is 511. The fraction of sp³-hybridized carbons (Fsp3) is 0.700. The highest BCUT2D eigenvalue weighted by atomic mass is 16.5. The molecule has 3 rings (SSSR count). The third-order valence-electron chi connectivity index (χ3n) is 5.32. The summed E-state index contributed by atoms with van der Waals surface area (Å²) in [5.41, 5.74) is 1.11. The first-order valence-corrected chi connectivity index (χ1v) is 9.59. The van der Waals surface area contributed by atoms with Gasteiger partial charge in [-0.05, 0) is 50.4 Å². The molecule has 0 bridgehead atoms. The Morgan fingerprint density at radius 2 is 1.84 bits per heavy atom. The lowest BCUT2D eigenvalue weighted by Gasteiger charge is -2.36.